The lowest BCUT2D eigenvalue weighted by Crippen LogP contribution is -2.50. The molecule has 1 saturated carbocycles. The van der Waals surface area contributed by atoms with Gasteiger partial charge < -0.3 is 15.0 Å². The molecule has 1 heterocycles. The Morgan fingerprint density at radius 3 is 2.33 bits per heavy atom. The summed E-state index contributed by atoms with van der Waals surface area (Å²) in [6.45, 7) is 6.20. The molecular weight excluding hydrogens is 268 g/mol. The Kier molecular flexibility index (Phi) is 5.12. The number of hydrogen-bond acceptors (Lipinski definition) is 3. The summed E-state index contributed by atoms with van der Waals surface area (Å²) < 4.78 is 5.43. The van der Waals surface area contributed by atoms with E-state index in [1.165, 1.54) is 19.3 Å². The zero-order valence-corrected chi connectivity index (χ0v) is 13.5. The van der Waals surface area contributed by atoms with Crippen molar-refractivity contribution in [2.24, 2.45) is 0 Å². The first-order chi connectivity index (χ1) is 9.87. The van der Waals surface area contributed by atoms with Gasteiger partial charge >= 0.3 is 12.0 Å². The maximum atomic E-state index is 12.4. The summed E-state index contributed by atoms with van der Waals surface area (Å²) in [6.07, 6.45) is 7.29. The van der Waals surface area contributed by atoms with E-state index in [-0.39, 0.29) is 18.0 Å². The van der Waals surface area contributed by atoms with Crippen molar-refractivity contribution in [3.05, 3.63) is 0 Å². The van der Waals surface area contributed by atoms with Gasteiger partial charge in [-0.25, -0.2) is 9.59 Å². The molecule has 1 saturated heterocycles. The maximum absolute atomic E-state index is 12.4. The largest absolute Gasteiger partial charge is 0.458 e. The van der Waals surface area contributed by atoms with Crippen LogP contribution in [0.25, 0.3) is 0 Å². The van der Waals surface area contributed by atoms with Crippen LogP contribution in [0.1, 0.15) is 65.7 Å². The number of amides is 2. The highest BCUT2D eigenvalue weighted by molar-refractivity contribution is 5.84. The number of nitrogens with zero attached hydrogens (tertiary/aromatic N) is 1. The fourth-order valence-electron chi connectivity index (χ4n) is 3.13. The van der Waals surface area contributed by atoms with Crippen molar-refractivity contribution in [2.45, 2.75) is 83.4 Å². The Bertz CT molecular complexity index is 383. The Morgan fingerprint density at radius 1 is 1.05 bits per heavy atom. The van der Waals surface area contributed by atoms with E-state index < -0.39 is 11.6 Å². The summed E-state index contributed by atoms with van der Waals surface area (Å²) in [5, 5.41) is 3.09. The van der Waals surface area contributed by atoms with Crippen LogP contribution in [0.5, 0.6) is 0 Å². The van der Waals surface area contributed by atoms with Gasteiger partial charge in [-0.05, 0) is 46.5 Å². The van der Waals surface area contributed by atoms with Crippen LogP contribution < -0.4 is 5.32 Å². The highest BCUT2D eigenvalue weighted by Gasteiger charge is 2.37. The molecule has 5 nitrogen and oxygen atoms in total. The molecule has 0 bridgehead atoms. The highest BCUT2D eigenvalue weighted by atomic mass is 16.6. The maximum Gasteiger partial charge on any atom is 0.329 e. The minimum atomic E-state index is -0.509. The number of urea groups is 1. The first kappa shape index (κ1) is 16.1. The van der Waals surface area contributed by atoms with Crippen molar-refractivity contribution in [1.29, 1.82) is 0 Å². The van der Waals surface area contributed by atoms with E-state index in [0.717, 1.165) is 19.3 Å². The van der Waals surface area contributed by atoms with Crippen LogP contribution in [-0.2, 0) is 9.53 Å². The zero-order valence-electron chi connectivity index (χ0n) is 13.5. The number of carbonyl (C=O) groups is 2. The zero-order chi connectivity index (χ0) is 15.5. The lowest BCUT2D eigenvalue weighted by atomic mass is 9.96. The van der Waals surface area contributed by atoms with E-state index in [2.05, 4.69) is 5.32 Å². The average molecular weight is 296 g/mol. The van der Waals surface area contributed by atoms with Gasteiger partial charge in [0.25, 0.3) is 0 Å². The fourth-order valence-corrected chi connectivity index (χ4v) is 3.13. The van der Waals surface area contributed by atoms with E-state index in [1.807, 2.05) is 20.8 Å². The topological polar surface area (TPSA) is 58.6 Å². The Balaban J connectivity index is 1.91. The molecule has 5 heteroatoms. The van der Waals surface area contributed by atoms with Gasteiger partial charge in [0.1, 0.15) is 11.6 Å². The van der Waals surface area contributed by atoms with Gasteiger partial charge in [0, 0.05) is 12.6 Å². The second-order valence-corrected chi connectivity index (χ2v) is 7.17. The molecule has 0 aromatic heterocycles. The molecule has 1 aliphatic carbocycles. The smallest absolute Gasteiger partial charge is 0.329 e. The molecule has 21 heavy (non-hydrogen) atoms. The predicted octanol–water partition coefficient (Wildman–Crippen LogP) is 2.83. The third-order valence-electron chi connectivity index (χ3n) is 4.13. The van der Waals surface area contributed by atoms with Crippen LogP contribution in [0.2, 0.25) is 0 Å². The molecule has 2 fully saturated rings. The molecule has 0 aromatic carbocycles. The summed E-state index contributed by atoms with van der Waals surface area (Å²) in [5.41, 5.74) is -0.509. The molecule has 1 N–H and O–H groups in total. The van der Waals surface area contributed by atoms with Gasteiger partial charge in [0.2, 0.25) is 0 Å². The van der Waals surface area contributed by atoms with Gasteiger partial charge in [-0.1, -0.05) is 19.3 Å². The van der Waals surface area contributed by atoms with E-state index in [1.54, 1.807) is 4.90 Å². The number of esters is 1. The molecule has 2 rings (SSSR count). The standard InChI is InChI=1S/C16H28N2O3/c1-16(2,3)21-14(19)13-10-7-11-18(13)15(20)17-12-8-5-4-6-9-12/h12-13H,4-11H2,1-3H3,(H,17,20)/t13-/m1/s1. The van der Waals surface area contributed by atoms with Crippen LogP contribution in [0, 0.1) is 0 Å². The minimum Gasteiger partial charge on any atom is -0.458 e. The van der Waals surface area contributed by atoms with Crippen molar-refractivity contribution in [1.82, 2.24) is 10.2 Å². The fraction of sp³-hybridized carbons (Fsp3) is 0.875. The number of nitrogens with one attached hydrogen (secondary N) is 1. The Hall–Kier alpha value is -1.26. The average Bonchev–Trinajstić information content (AvgIpc) is 2.87. The lowest BCUT2D eigenvalue weighted by molar-refractivity contribution is -0.159. The minimum absolute atomic E-state index is 0.102. The Labute approximate surface area is 127 Å². The lowest BCUT2D eigenvalue weighted by Gasteiger charge is -2.30. The number of likely N-dealkylation sites (tertiary alicyclic amines) is 1. The molecule has 0 radical (unpaired) electrons. The molecule has 0 spiro atoms. The molecule has 0 aromatic rings. The first-order valence-electron chi connectivity index (χ1n) is 8.17. The molecule has 120 valence electrons. The van der Waals surface area contributed by atoms with E-state index in [4.69, 9.17) is 4.74 Å². The quantitative estimate of drug-likeness (QED) is 0.797. The van der Waals surface area contributed by atoms with Crippen molar-refractivity contribution in [2.75, 3.05) is 6.54 Å². The van der Waals surface area contributed by atoms with Crippen LogP contribution in [0.15, 0.2) is 0 Å². The summed E-state index contributed by atoms with van der Waals surface area (Å²) in [4.78, 5) is 26.3. The van der Waals surface area contributed by atoms with Crippen molar-refractivity contribution in [3.63, 3.8) is 0 Å². The van der Waals surface area contributed by atoms with Crippen LogP contribution >= 0.6 is 0 Å². The molecule has 2 amide bonds. The van der Waals surface area contributed by atoms with Crippen molar-refractivity contribution in [3.8, 4) is 0 Å². The second-order valence-electron chi connectivity index (χ2n) is 7.17. The number of hydrogen-bond donors (Lipinski definition) is 1. The Morgan fingerprint density at radius 2 is 1.71 bits per heavy atom. The number of rotatable bonds is 2. The predicted molar refractivity (Wildman–Crippen MR) is 81.0 cm³/mol. The second kappa shape index (κ2) is 6.67. The van der Waals surface area contributed by atoms with Gasteiger partial charge in [-0.15, -0.1) is 0 Å². The molecule has 0 unspecified atom stereocenters. The van der Waals surface area contributed by atoms with Crippen LogP contribution in [0.3, 0.4) is 0 Å². The third kappa shape index (κ3) is 4.61. The SMILES string of the molecule is CC(C)(C)OC(=O)[C@H]1CCCN1C(=O)NC1CCCCC1. The van der Waals surface area contributed by atoms with Gasteiger partial charge in [0.05, 0.1) is 0 Å². The van der Waals surface area contributed by atoms with E-state index >= 15 is 0 Å². The van der Waals surface area contributed by atoms with E-state index in [0.29, 0.717) is 13.0 Å². The number of ether oxygens (including phenoxy) is 1. The monoisotopic (exact) mass is 296 g/mol. The van der Waals surface area contributed by atoms with Crippen molar-refractivity contribution < 1.29 is 14.3 Å². The molecule has 2 aliphatic rings. The number of carbonyl (C=O) groups excluding carboxylic acids is 2. The van der Waals surface area contributed by atoms with Crippen LogP contribution in [0.4, 0.5) is 4.79 Å². The van der Waals surface area contributed by atoms with Gasteiger partial charge in [-0.2, -0.15) is 0 Å². The van der Waals surface area contributed by atoms with Crippen LogP contribution in [-0.4, -0.2) is 41.1 Å². The van der Waals surface area contributed by atoms with E-state index in [9.17, 15) is 9.59 Å². The normalized spacial score (nSPS) is 24.0. The summed E-state index contributed by atoms with van der Waals surface area (Å²) in [6, 6.07) is -0.255. The van der Waals surface area contributed by atoms with Gasteiger partial charge in [-0.3, -0.25) is 0 Å². The van der Waals surface area contributed by atoms with Crippen molar-refractivity contribution >= 4 is 12.0 Å². The summed E-state index contributed by atoms with van der Waals surface area (Å²) in [7, 11) is 0. The van der Waals surface area contributed by atoms with Gasteiger partial charge in [0.15, 0.2) is 0 Å². The molecular formula is C16H28N2O3. The summed E-state index contributed by atoms with van der Waals surface area (Å²) in [5.74, 6) is -0.279. The molecule has 1 atom stereocenters. The molecule has 1 aliphatic heterocycles. The summed E-state index contributed by atoms with van der Waals surface area (Å²) >= 11 is 0. The highest BCUT2D eigenvalue weighted by Crippen LogP contribution is 2.23. The first-order valence-corrected chi connectivity index (χ1v) is 8.17. The third-order valence-corrected chi connectivity index (χ3v) is 4.13.